The van der Waals surface area contributed by atoms with Crippen LogP contribution in [0.1, 0.15) is 26.4 Å². The first-order chi connectivity index (χ1) is 14.6. The van der Waals surface area contributed by atoms with E-state index in [-0.39, 0.29) is 11.6 Å². The number of aryl methyl sites for hydroxylation is 1. The molecule has 3 aromatic carbocycles. The second-order valence-electron chi connectivity index (χ2n) is 6.64. The van der Waals surface area contributed by atoms with Gasteiger partial charge in [0, 0.05) is 22.2 Å². The van der Waals surface area contributed by atoms with Crippen molar-refractivity contribution in [3.8, 4) is 16.3 Å². The van der Waals surface area contributed by atoms with Crippen molar-refractivity contribution in [1.29, 1.82) is 0 Å². The van der Waals surface area contributed by atoms with Crippen LogP contribution in [0.3, 0.4) is 0 Å². The molecule has 30 heavy (non-hydrogen) atoms. The van der Waals surface area contributed by atoms with Crippen molar-refractivity contribution in [3.05, 3.63) is 101 Å². The van der Waals surface area contributed by atoms with Crippen molar-refractivity contribution >= 4 is 28.9 Å². The largest absolute Gasteiger partial charge is 0.422 e. The van der Waals surface area contributed by atoms with Gasteiger partial charge in [-0.15, -0.1) is 11.3 Å². The Morgan fingerprint density at radius 3 is 2.30 bits per heavy atom. The molecule has 1 N–H and O–H groups in total. The number of nitrogens with one attached hydrogen (secondary N) is 1. The number of thiazole rings is 1. The van der Waals surface area contributed by atoms with E-state index in [1.165, 1.54) is 16.9 Å². The Morgan fingerprint density at radius 2 is 1.60 bits per heavy atom. The van der Waals surface area contributed by atoms with Crippen LogP contribution in [0.15, 0.2) is 84.2 Å². The zero-order valence-corrected chi connectivity index (χ0v) is 17.0. The lowest BCUT2D eigenvalue weighted by molar-refractivity contribution is 0.0729. The van der Waals surface area contributed by atoms with E-state index in [0.29, 0.717) is 17.0 Å². The van der Waals surface area contributed by atoms with Gasteiger partial charge >= 0.3 is 5.97 Å². The Hall–Kier alpha value is -3.77. The molecule has 4 aromatic rings. The number of rotatable bonds is 5. The number of benzene rings is 3. The van der Waals surface area contributed by atoms with Gasteiger partial charge in [-0.05, 0) is 43.3 Å². The highest BCUT2D eigenvalue weighted by atomic mass is 32.1. The zero-order valence-electron chi connectivity index (χ0n) is 16.2. The molecule has 0 unspecified atom stereocenters. The van der Waals surface area contributed by atoms with Gasteiger partial charge in [-0.2, -0.15) is 0 Å². The van der Waals surface area contributed by atoms with E-state index in [1.54, 1.807) is 53.9 Å². The van der Waals surface area contributed by atoms with Gasteiger partial charge in [0.2, 0.25) is 0 Å². The quantitative estimate of drug-likeness (QED) is 0.341. The van der Waals surface area contributed by atoms with Crippen LogP contribution in [-0.4, -0.2) is 16.9 Å². The molecule has 0 atom stereocenters. The lowest BCUT2D eigenvalue weighted by atomic mass is 10.2. The summed E-state index contributed by atoms with van der Waals surface area (Å²) < 4.78 is 5.41. The van der Waals surface area contributed by atoms with Gasteiger partial charge in [0.1, 0.15) is 10.8 Å². The van der Waals surface area contributed by atoms with Crippen LogP contribution in [-0.2, 0) is 0 Å². The third-order valence-corrected chi connectivity index (χ3v) is 5.26. The standard InChI is InChI=1S/C24H18N2O3S/c1-16-7-9-18(10-8-16)23-26-21(15-30-23)24(28)29-20-13-11-19(12-14-20)25-22(27)17-5-3-2-4-6-17/h2-15H,1H3,(H,25,27). The van der Waals surface area contributed by atoms with Crippen LogP contribution in [0, 0.1) is 6.92 Å². The van der Waals surface area contributed by atoms with Gasteiger partial charge in [0.05, 0.1) is 0 Å². The highest BCUT2D eigenvalue weighted by Gasteiger charge is 2.14. The Kier molecular flexibility index (Phi) is 5.68. The fraction of sp³-hybridized carbons (Fsp3) is 0.0417. The number of amides is 1. The highest BCUT2D eigenvalue weighted by molar-refractivity contribution is 7.13. The number of esters is 1. The third kappa shape index (κ3) is 4.61. The van der Waals surface area contributed by atoms with Crippen molar-refractivity contribution in [2.24, 2.45) is 0 Å². The van der Waals surface area contributed by atoms with Crippen molar-refractivity contribution in [3.63, 3.8) is 0 Å². The van der Waals surface area contributed by atoms with Gasteiger partial charge in [0.25, 0.3) is 5.91 Å². The van der Waals surface area contributed by atoms with Crippen molar-refractivity contribution < 1.29 is 14.3 Å². The molecule has 1 amide bonds. The monoisotopic (exact) mass is 414 g/mol. The maximum absolute atomic E-state index is 12.4. The summed E-state index contributed by atoms with van der Waals surface area (Å²) in [5, 5.41) is 5.26. The van der Waals surface area contributed by atoms with Crippen LogP contribution in [0.5, 0.6) is 5.75 Å². The summed E-state index contributed by atoms with van der Waals surface area (Å²) in [5.74, 6) is -0.347. The SMILES string of the molecule is Cc1ccc(-c2nc(C(=O)Oc3ccc(NC(=O)c4ccccc4)cc3)cs2)cc1. The summed E-state index contributed by atoms with van der Waals surface area (Å²) in [7, 11) is 0. The molecule has 4 rings (SSSR count). The molecule has 6 heteroatoms. The van der Waals surface area contributed by atoms with Gasteiger partial charge in [-0.3, -0.25) is 4.79 Å². The molecule has 0 spiro atoms. The summed E-state index contributed by atoms with van der Waals surface area (Å²) in [6.07, 6.45) is 0. The summed E-state index contributed by atoms with van der Waals surface area (Å²) >= 11 is 1.40. The molecule has 1 heterocycles. The first-order valence-corrected chi connectivity index (χ1v) is 10.2. The summed E-state index contributed by atoms with van der Waals surface area (Å²) in [6.45, 7) is 2.02. The predicted molar refractivity (Wildman–Crippen MR) is 118 cm³/mol. The fourth-order valence-electron chi connectivity index (χ4n) is 2.75. The van der Waals surface area contributed by atoms with Gasteiger partial charge in [-0.1, -0.05) is 48.0 Å². The van der Waals surface area contributed by atoms with Crippen molar-refractivity contribution in [2.75, 3.05) is 5.32 Å². The van der Waals surface area contributed by atoms with Gasteiger partial charge in [0.15, 0.2) is 5.69 Å². The van der Waals surface area contributed by atoms with E-state index in [2.05, 4.69) is 10.3 Å². The summed E-state index contributed by atoms with van der Waals surface area (Å²) in [6, 6.07) is 23.5. The molecule has 0 radical (unpaired) electrons. The van der Waals surface area contributed by atoms with Gasteiger partial charge < -0.3 is 10.1 Å². The average molecular weight is 414 g/mol. The normalized spacial score (nSPS) is 10.4. The van der Waals surface area contributed by atoms with E-state index in [9.17, 15) is 9.59 Å². The predicted octanol–water partition coefficient (Wildman–Crippen LogP) is 5.59. The Labute approximate surface area is 178 Å². The number of anilines is 1. The smallest absolute Gasteiger partial charge is 0.363 e. The molecular formula is C24H18N2O3S. The number of aromatic nitrogens is 1. The van der Waals surface area contributed by atoms with Crippen LogP contribution in [0.2, 0.25) is 0 Å². The van der Waals surface area contributed by atoms with Crippen LogP contribution < -0.4 is 10.1 Å². The number of ether oxygens (including phenoxy) is 1. The molecule has 148 valence electrons. The molecule has 0 aliphatic heterocycles. The molecule has 1 aromatic heterocycles. The first kappa shape index (κ1) is 19.5. The van der Waals surface area contributed by atoms with E-state index in [4.69, 9.17) is 4.74 Å². The second kappa shape index (κ2) is 8.71. The van der Waals surface area contributed by atoms with Gasteiger partial charge in [-0.25, -0.2) is 9.78 Å². The zero-order chi connectivity index (χ0) is 20.9. The Morgan fingerprint density at radius 1 is 0.900 bits per heavy atom. The number of nitrogens with zero attached hydrogens (tertiary/aromatic N) is 1. The fourth-order valence-corrected chi connectivity index (χ4v) is 3.55. The van der Waals surface area contributed by atoms with Crippen molar-refractivity contribution in [2.45, 2.75) is 6.92 Å². The average Bonchev–Trinajstić information content (AvgIpc) is 3.27. The molecule has 0 bridgehead atoms. The maximum atomic E-state index is 12.4. The maximum Gasteiger partial charge on any atom is 0.363 e. The highest BCUT2D eigenvalue weighted by Crippen LogP contribution is 2.25. The Bertz CT molecular complexity index is 1170. The van der Waals surface area contributed by atoms with E-state index < -0.39 is 5.97 Å². The topological polar surface area (TPSA) is 68.3 Å². The minimum atomic E-state index is -0.523. The van der Waals surface area contributed by atoms with Crippen molar-refractivity contribution in [1.82, 2.24) is 4.98 Å². The number of carbonyl (C=O) groups is 2. The van der Waals surface area contributed by atoms with E-state index >= 15 is 0 Å². The van der Waals surface area contributed by atoms with Crippen LogP contribution in [0.25, 0.3) is 10.6 Å². The lowest BCUT2D eigenvalue weighted by Crippen LogP contribution is -2.12. The lowest BCUT2D eigenvalue weighted by Gasteiger charge is -2.07. The molecule has 0 aliphatic rings. The molecule has 0 saturated carbocycles. The molecule has 0 aliphatic carbocycles. The summed E-state index contributed by atoms with van der Waals surface area (Å²) in [5.41, 5.74) is 3.57. The summed E-state index contributed by atoms with van der Waals surface area (Å²) in [4.78, 5) is 29.0. The number of hydrogen-bond acceptors (Lipinski definition) is 5. The van der Waals surface area contributed by atoms with E-state index in [1.807, 2.05) is 37.3 Å². The number of hydrogen-bond donors (Lipinski definition) is 1. The second-order valence-corrected chi connectivity index (χ2v) is 7.50. The Balaban J connectivity index is 1.39. The minimum absolute atomic E-state index is 0.202. The number of carbonyl (C=O) groups excluding carboxylic acids is 2. The first-order valence-electron chi connectivity index (χ1n) is 9.30. The third-order valence-electron chi connectivity index (χ3n) is 4.37. The molecule has 0 fully saturated rings. The van der Waals surface area contributed by atoms with E-state index in [0.717, 1.165) is 10.6 Å². The minimum Gasteiger partial charge on any atom is -0.422 e. The van der Waals surface area contributed by atoms with Crippen LogP contribution >= 0.6 is 11.3 Å². The molecule has 5 nitrogen and oxygen atoms in total. The van der Waals surface area contributed by atoms with Crippen LogP contribution in [0.4, 0.5) is 5.69 Å². The molecule has 0 saturated heterocycles. The molecular weight excluding hydrogens is 396 g/mol.